The van der Waals surface area contributed by atoms with Gasteiger partial charge >= 0.3 is 0 Å². The minimum Gasteiger partial charge on any atom is -0.299 e. The summed E-state index contributed by atoms with van der Waals surface area (Å²) in [5.74, 6) is 5.82. The Hall–Kier alpha value is -0.950. The fourth-order valence-corrected chi connectivity index (χ4v) is 3.43. The van der Waals surface area contributed by atoms with Gasteiger partial charge in [0, 0.05) is 64.0 Å². The van der Waals surface area contributed by atoms with Crippen LogP contribution in [-0.4, -0.2) is 64.4 Å². The molecule has 19 heavy (non-hydrogen) atoms. The van der Waals surface area contributed by atoms with E-state index in [1.165, 1.54) is 31.9 Å². The zero-order chi connectivity index (χ0) is 13.4. The largest absolute Gasteiger partial charge is 0.299 e. The van der Waals surface area contributed by atoms with Crippen LogP contribution >= 0.6 is 0 Å². The van der Waals surface area contributed by atoms with Crippen LogP contribution in [0.3, 0.4) is 0 Å². The molecule has 0 amide bonds. The number of rotatable bonds is 4. The molecule has 3 aliphatic heterocycles. The maximum absolute atomic E-state index is 5.82. The van der Waals surface area contributed by atoms with Crippen molar-refractivity contribution in [2.75, 3.05) is 32.7 Å². The van der Waals surface area contributed by atoms with Crippen LogP contribution in [0.2, 0.25) is 0 Å². The standard InChI is InChI=1S/C13H24N6/c1-10-7-11(17(2)16-10)8-12(15-14)13-9-18-3-5-19(13)6-4-18/h7,12-13,15H,3-6,8-9,14H2,1-2H3. The van der Waals surface area contributed by atoms with Crippen LogP contribution in [0.4, 0.5) is 0 Å². The van der Waals surface area contributed by atoms with Crippen molar-refractivity contribution in [2.24, 2.45) is 12.9 Å². The SMILES string of the molecule is Cc1cc(CC(NN)C2CN3CCN2CC3)n(C)n1. The second-order valence-corrected chi connectivity index (χ2v) is 5.78. The van der Waals surface area contributed by atoms with Crippen LogP contribution in [0.25, 0.3) is 0 Å². The molecule has 3 aliphatic rings. The molecule has 2 atom stereocenters. The first kappa shape index (κ1) is 13.1. The first-order valence-electron chi connectivity index (χ1n) is 7.09. The van der Waals surface area contributed by atoms with Crippen molar-refractivity contribution < 1.29 is 0 Å². The molecule has 3 N–H and O–H groups in total. The molecule has 2 unspecified atom stereocenters. The van der Waals surface area contributed by atoms with Gasteiger partial charge in [0.25, 0.3) is 0 Å². The highest BCUT2D eigenvalue weighted by Crippen LogP contribution is 2.20. The van der Waals surface area contributed by atoms with Crippen molar-refractivity contribution >= 4 is 0 Å². The molecule has 0 radical (unpaired) electrons. The fraction of sp³-hybridized carbons (Fsp3) is 0.769. The van der Waals surface area contributed by atoms with E-state index < -0.39 is 0 Å². The van der Waals surface area contributed by atoms with Crippen LogP contribution in [0, 0.1) is 6.92 Å². The van der Waals surface area contributed by atoms with Gasteiger partial charge in [-0.25, -0.2) is 0 Å². The van der Waals surface area contributed by atoms with Gasteiger partial charge in [0.05, 0.1) is 5.69 Å². The van der Waals surface area contributed by atoms with E-state index in [0.29, 0.717) is 6.04 Å². The van der Waals surface area contributed by atoms with Crippen molar-refractivity contribution in [3.8, 4) is 0 Å². The molecule has 1 aromatic rings. The van der Waals surface area contributed by atoms with Crippen LogP contribution in [-0.2, 0) is 13.5 Å². The van der Waals surface area contributed by atoms with Gasteiger partial charge in [-0.2, -0.15) is 5.10 Å². The number of piperazine rings is 3. The number of hydrogen-bond donors (Lipinski definition) is 2. The van der Waals surface area contributed by atoms with Gasteiger partial charge in [0.2, 0.25) is 0 Å². The third-order valence-corrected chi connectivity index (χ3v) is 4.53. The summed E-state index contributed by atoms with van der Waals surface area (Å²) in [6.45, 7) is 7.93. The molecule has 0 spiro atoms. The summed E-state index contributed by atoms with van der Waals surface area (Å²) in [5.41, 5.74) is 5.35. The average Bonchev–Trinajstić information content (AvgIpc) is 2.75. The van der Waals surface area contributed by atoms with Gasteiger partial charge in [0.15, 0.2) is 0 Å². The molecule has 3 fully saturated rings. The lowest BCUT2D eigenvalue weighted by molar-refractivity contribution is -0.00339. The van der Waals surface area contributed by atoms with E-state index in [2.05, 4.69) is 26.4 Å². The van der Waals surface area contributed by atoms with Gasteiger partial charge in [-0.3, -0.25) is 25.8 Å². The second-order valence-electron chi connectivity index (χ2n) is 5.78. The Morgan fingerprint density at radius 3 is 2.63 bits per heavy atom. The fourth-order valence-electron chi connectivity index (χ4n) is 3.43. The van der Waals surface area contributed by atoms with Gasteiger partial charge in [-0.1, -0.05) is 0 Å². The van der Waals surface area contributed by atoms with Crippen LogP contribution in [0.5, 0.6) is 0 Å². The van der Waals surface area contributed by atoms with Crippen LogP contribution in [0.1, 0.15) is 11.4 Å². The Balaban J connectivity index is 1.72. The summed E-state index contributed by atoms with van der Waals surface area (Å²) in [4.78, 5) is 5.12. The molecule has 106 valence electrons. The maximum atomic E-state index is 5.82. The highest BCUT2D eigenvalue weighted by molar-refractivity contribution is 5.11. The van der Waals surface area contributed by atoms with Crippen molar-refractivity contribution in [2.45, 2.75) is 25.4 Å². The molecule has 0 aromatic carbocycles. The smallest absolute Gasteiger partial charge is 0.0596 e. The molecule has 4 heterocycles. The minimum absolute atomic E-state index is 0.290. The Morgan fingerprint density at radius 1 is 1.42 bits per heavy atom. The minimum atomic E-state index is 0.290. The summed E-state index contributed by atoms with van der Waals surface area (Å²) in [6.07, 6.45) is 0.933. The zero-order valence-electron chi connectivity index (χ0n) is 11.8. The van der Waals surface area contributed by atoms with Gasteiger partial charge in [-0.05, 0) is 13.0 Å². The third-order valence-electron chi connectivity index (χ3n) is 4.53. The molecule has 6 nitrogen and oxygen atoms in total. The first-order chi connectivity index (χ1) is 9.17. The number of nitrogens with two attached hydrogens (primary N) is 1. The van der Waals surface area contributed by atoms with Gasteiger partial charge < -0.3 is 0 Å². The lowest BCUT2D eigenvalue weighted by Crippen LogP contribution is -2.67. The zero-order valence-corrected chi connectivity index (χ0v) is 11.8. The maximum Gasteiger partial charge on any atom is 0.0596 e. The Morgan fingerprint density at radius 2 is 2.16 bits per heavy atom. The predicted octanol–water partition coefficient (Wildman–Crippen LogP) is -0.897. The first-order valence-corrected chi connectivity index (χ1v) is 7.09. The number of fused-ring (bicyclic) bond motifs is 3. The molecule has 1 aromatic heterocycles. The van der Waals surface area contributed by atoms with Crippen molar-refractivity contribution in [1.29, 1.82) is 0 Å². The average molecular weight is 264 g/mol. The monoisotopic (exact) mass is 264 g/mol. The normalized spacial score (nSPS) is 31.6. The summed E-state index contributed by atoms with van der Waals surface area (Å²) < 4.78 is 1.97. The van der Waals surface area contributed by atoms with Crippen LogP contribution < -0.4 is 11.3 Å². The van der Waals surface area contributed by atoms with E-state index >= 15 is 0 Å². The van der Waals surface area contributed by atoms with Crippen molar-refractivity contribution in [3.63, 3.8) is 0 Å². The number of aromatic nitrogens is 2. The highest BCUT2D eigenvalue weighted by atomic mass is 15.4. The predicted molar refractivity (Wildman–Crippen MR) is 74.6 cm³/mol. The highest BCUT2D eigenvalue weighted by Gasteiger charge is 2.36. The summed E-state index contributed by atoms with van der Waals surface area (Å²) >= 11 is 0. The second kappa shape index (κ2) is 5.20. The molecule has 0 aliphatic carbocycles. The third kappa shape index (κ3) is 2.53. The lowest BCUT2D eigenvalue weighted by Gasteiger charge is -2.50. The van der Waals surface area contributed by atoms with E-state index in [0.717, 1.165) is 18.7 Å². The summed E-state index contributed by atoms with van der Waals surface area (Å²) in [6, 6.07) is 2.96. The van der Waals surface area contributed by atoms with E-state index in [1.54, 1.807) is 0 Å². The Bertz CT molecular complexity index is 434. The molecular weight excluding hydrogens is 240 g/mol. The van der Waals surface area contributed by atoms with Crippen LogP contribution in [0.15, 0.2) is 6.07 Å². The quantitative estimate of drug-likeness (QED) is 0.545. The molecule has 2 bridgehead atoms. The van der Waals surface area contributed by atoms with Gasteiger partial charge in [0.1, 0.15) is 0 Å². The number of hydrogen-bond acceptors (Lipinski definition) is 5. The molecule has 0 saturated carbocycles. The Kier molecular flexibility index (Phi) is 3.58. The Labute approximate surface area is 114 Å². The topological polar surface area (TPSA) is 62.4 Å². The number of nitrogens with zero attached hydrogens (tertiary/aromatic N) is 4. The van der Waals surface area contributed by atoms with E-state index in [4.69, 9.17) is 5.84 Å². The molecular formula is C13H24N6. The lowest BCUT2D eigenvalue weighted by atomic mass is 9.97. The summed E-state index contributed by atoms with van der Waals surface area (Å²) in [7, 11) is 2.01. The van der Waals surface area contributed by atoms with Gasteiger partial charge in [-0.15, -0.1) is 0 Å². The number of aryl methyl sites for hydroxylation is 2. The van der Waals surface area contributed by atoms with Crippen molar-refractivity contribution in [1.82, 2.24) is 25.0 Å². The molecule has 3 saturated heterocycles. The molecule has 4 rings (SSSR count). The van der Waals surface area contributed by atoms with E-state index in [-0.39, 0.29) is 6.04 Å². The number of nitrogens with one attached hydrogen (secondary N) is 1. The number of hydrazine groups is 1. The summed E-state index contributed by atoms with van der Waals surface area (Å²) in [5, 5.41) is 4.42. The molecule has 6 heteroatoms. The van der Waals surface area contributed by atoms with E-state index in [9.17, 15) is 0 Å². The van der Waals surface area contributed by atoms with E-state index in [1.807, 2.05) is 18.7 Å². The van der Waals surface area contributed by atoms with Crippen molar-refractivity contribution in [3.05, 3.63) is 17.5 Å².